The summed E-state index contributed by atoms with van der Waals surface area (Å²) in [6, 6.07) is 2.22. The van der Waals surface area contributed by atoms with Gasteiger partial charge in [-0.3, -0.25) is 0 Å². The van der Waals surface area contributed by atoms with Crippen LogP contribution in [0.1, 0.15) is 128 Å². The van der Waals surface area contributed by atoms with Crippen molar-refractivity contribution in [2.45, 2.75) is 135 Å². The van der Waals surface area contributed by atoms with E-state index in [9.17, 15) is 0 Å². The van der Waals surface area contributed by atoms with Crippen LogP contribution in [0.4, 0.5) is 0 Å². The third-order valence-electron chi connectivity index (χ3n) is 5.62. The van der Waals surface area contributed by atoms with Crippen LogP contribution in [0, 0.1) is 11.3 Å². The summed E-state index contributed by atoms with van der Waals surface area (Å²) in [6.07, 6.45) is 26.0. The molecule has 0 saturated carbocycles. The van der Waals surface area contributed by atoms with Gasteiger partial charge in [0.25, 0.3) is 0 Å². The van der Waals surface area contributed by atoms with Crippen LogP contribution in [-0.4, -0.2) is 19.5 Å². The van der Waals surface area contributed by atoms with E-state index in [1.54, 1.807) is 0 Å². The van der Waals surface area contributed by atoms with Gasteiger partial charge in [0.2, 0.25) is 0 Å². The molecule has 1 aliphatic heterocycles. The van der Waals surface area contributed by atoms with Crippen molar-refractivity contribution < 1.29 is 9.47 Å². The van der Waals surface area contributed by atoms with Crippen LogP contribution in [-0.2, 0) is 9.47 Å². The van der Waals surface area contributed by atoms with Crippen molar-refractivity contribution in [2.24, 2.45) is 0 Å². The molecule has 1 unspecified atom stereocenters. The van der Waals surface area contributed by atoms with E-state index in [-0.39, 0.29) is 6.29 Å². The van der Waals surface area contributed by atoms with Gasteiger partial charge in [-0.15, -0.1) is 0 Å². The average molecular weight is 380 g/mol. The second kappa shape index (κ2) is 20.2. The Labute approximate surface area is 169 Å². The summed E-state index contributed by atoms with van der Waals surface area (Å²) in [7, 11) is 0. The van der Waals surface area contributed by atoms with E-state index < -0.39 is 0 Å². The SMILES string of the molecule is N#CCCCCCCCCCCCCCCCCCCOC1CCCCO1. The number of hydrogen-bond acceptors (Lipinski definition) is 3. The first kappa shape index (κ1) is 24.4. The molecule has 0 N–H and O–H groups in total. The van der Waals surface area contributed by atoms with Gasteiger partial charge in [0.15, 0.2) is 6.29 Å². The third kappa shape index (κ3) is 17.3. The molecule has 0 aromatic rings. The minimum atomic E-state index is 0.0909. The van der Waals surface area contributed by atoms with Crippen molar-refractivity contribution in [2.75, 3.05) is 13.2 Å². The van der Waals surface area contributed by atoms with Crippen LogP contribution in [0.3, 0.4) is 0 Å². The highest BCUT2D eigenvalue weighted by Crippen LogP contribution is 2.16. The number of ether oxygens (including phenoxy) is 2. The molecule has 1 heterocycles. The summed E-state index contributed by atoms with van der Waals surface area (Å²) >= 11 is 0. The summed E-state index contributed by atoms with van der Waals surface area (Å²) in [5, 5.41) is 8.48. The maximum atomic E-state index is 8.48. The van der Waals surface area contributed by atoms with Crippen LogP contribution >= 0.6 is 0 Å². The Morgan fingerprint density at radius 1 is 0.667 bits per heavy atom. The largest absolute Gasteiger partial charge is 0.353 e. The topological polar surface area (TPSA) is 42.2 Å². The zero-order valence-corrected chi connectivity index (χ0v) is 17.9. The van der Waals surface area contributed by atoms with E-state index in [4.69, 9.17) is 14.7 Å². The van der Waals surface area contributed by atoms with Crippen LogP contribution in [0.15, 0.2) is 0 Å². The van der Waals surface area contributed by atoms with Gasteiger partial charge in [-0.1, -0.05) is 89.9 Å². The molecule has 0 spiro atoms. The fraction of sp³-hybridized carbons (Fsp3) is 0.958. The molecule has 0 aromatic carbocycles. The maximum Gasteiger partial charge on any atom is 0.157 e. The highest BCUT2D eigenvalue weighted by molar-refractivity contribution is 4.67. The van der Waals surface area contributed by atoms with E-state index in [0.717, 1.165) is 32.5 Å². The highest BCUT2D eigenvalue weighted by Gasteiger charge is 2.13. The predicted molar refractivity (Wildman–Crippen MR) is 114 cm³/mol. The Balaban J connectivity index is 1.65. The van der Waals surface area contributed by atoms with Crippen molar-refractivity contribution in [1.82, 2.24) is 0 Å². The number of nitriles is 1. The molecule has 158 valence electrons. The van der Waals surface area contributed by atoms with Crippen LogP contribution < -0.4 is 0 Å². The molecular formula is C24H45NO2. The molecular weight excluding hydrogens is 334 g/mol. The molecule has 3 heteroatoms. The van der Waals surface area contributed by atoms with Crippen LogP contribution in [0.25, 0.3) is 0 Å². The van der Waals surface area contributed by atoms with E-state index in [1.807, 2.05) is 0 Å². The van der Waals surface area contributed by atoms with Gasteiger partial charge >= 0.3 is 0 Å². The predicted octanol–water partition coefficient (Wildman–Crippen LogP) is 7.68. The molecule has 1 saturated heterocycles. The zero-order valence-electron chi connectivity index (χ0n) is 17.9. The Kier molecular flexibility index (Phi) is 18.2. The molecule has 0 bridgehead atoms. The zero-order chi connectivity index (χ0) is 19.3. The number of unbranched alkanes of at least 4 members (excludes halogenated alkanes) is 16. The molecule has 1 fully saturated rings. The second-order valence-corrected chi connectivity index (χ2v) is 8.23. The van der Waals surface area contributed by atoms with Gasteiger partial charge in [-0.25, -0.2) is 0 Å². The highest BCUT2D eigenvalue weighted by atomic mass is 16.7. The molecule has 0 amide bonds. The Bertz CT molecular complexity index is 334. The normalized spacial score (nSPS) is 17.1. The van der Waals surface area contributed by atoms with Crippen molar-refractivity contribution in [1.29, 1.82) is 5.26 Å². The summed E-state index contributed by atoms with van der Waals surface area (Å²) in [5.41, 5.74) is 0. The molecule has 0 aliphatic carbocycles. The molecule has 0 radical (unpaired) electrons. The van der Waals surface area contributed by atoms with Crippen molar-refractivity contribution >= 4 is 0 Å². The quantitative estimate of drug-likeness (QED) is 0.216. The lowest BCUT2D eigenvalue weighted by Gasteiger charge is -2.22. The van der Waals surface area contributed by atoms with Gasteiger partial charge in [0, 0.05) is 19.6 Å². The van der Waals surface area contributed by atoms with Gasteiger partial charge < -0.3 is 9.47 Å². The molecule has 27 heavy (non-hydrogen) atoms. The summed E-state index contributed by atoms with van der Waals surface area (Å²) in [4.78, 5) is 0. The molecule has 3 nitrogen and oxygen atoms in total. The molecule has 1 atom stereocenters. The van der Waals surface area contributed by atoms with E-state index >= 15 is 0 Å². The van der Waals surface area contributed by atoms with Crippen LogP contribution in [0.5, 0.6) is 0 Å². The van der Waals surface area contributed by atoms with Crippen molar-refractivity contribution in [3.8, 4) is 6.07 Å². The maximum absolute atomic E-state index is 8.48. The minimum absolute atomic E-state index is 0.0909. The monoisotopic (exact) mass is 379 g/mol. The fourth-order valence-electron chi connectivity index (χ4n) is 3.84. The second-order valence-electron chi connectivity index (χ2n) is 8.23. The van der Waals surface area contributed by atoms with Crippen LogP contribution in [0.2, 0.25) is 0 Å². The summed E-state index contributed by atoms with van der Waals surface area (Å²) in [6.45, 7) is 1.76. The van der Waals surface area contributed by atoms with Crippen molar-refractivity contribution in [3.63, 3.8) is 0 Å². The molecule has 1 aliphatic rings. The third-order valence-corrected chi connectivity index (χ3v) is 5.62. The van der Waals surface area contributed by atoms with Crippen molar-refractivity contribution in [3.05, 3.63) is 0 Å². The first-order chi connectivity index (χ1) is 13.4. The lowest BCUT2D eigenvalue weighted by Crippen LogP contribution is -2.22. The first-order valence-electron chi connectivity index (χ1n) is 12.0. The summed E-state index contributed by atoms with van der Waals surface area (Å²) < 4.78 is 11.4. The number of hydrogen-bond donors (Lipinski definition) is 0. The Hall–Kier alpha value is -0.590. The van der Waals surface area contributed by atoms with Gasteiger partial charge in [-0.2, -0.15) is 5.26 Å². The minimum Gasteiger partial charge on any atom is -0.353 e. The van der Waals surface area contributed by atoms with E-state index in [2.05, 4.69) is 6.07 Å². The van der Waals surface area contributed by atoms with Gasteiger partial charge in [0.05, 0.1) is 6.07 Å². The number of nitrogens with zero attached hydrogens (tertiary/aromatic N) is 1. The molecule has 0 aromatic heterocycles. The van der Waals surface area contributed by atoms with Gasteiger partial charge in [0.1, 0.15) is 0 Å². The van der Waals surface area contributed by atoms with E-state index in [1.165, 1.54) is 109 Å². The lowest BCUT2D eigenvalue weighted by atomic mass is 10.0. The standard InChI is InChI=1S/C24H45NO2/c25-21-17-14-12-10-8-6-4-2-1-3-5-7-9-11-13-15-18-22-26-24-20-16-19-23-27-24/h24H,1-20,22-23H2. The first-order valence-corrected chi connectivity index (χ1v) is 12.0. The fourth-order valence-corrected chi connectivity index (χ4v) is 3.84. The molecule has 1 rings (SSSR count). The summed E-state index contributed by atoms with van der Waals surface area (Å²) in [5.74, 6) is 0. The van der Waals surface area contributed by atoms with Gasteiger partial charge in [-0.05, 0) is 32.1 Å². The number of rotatable bonds is 19. The smallest absolute Gasteiger partial charge is 0.157 e. The Morgan fingerprint density at radius 2 is 1.15 bits per heavy atom. The average Bonchev–Trinajstić information content (AvgIpc) is 2.70. The Morgan fingerprint density at radius 3 is 1.59 bits per heavy atom. The van der Waals surface area contributed by atoms with E-state index in [0.29, 0.717) is 0 Å². The lowest BCUT2D eigenvalue weighted by molar-refractivity contribution is -0.162.